The number of carbonyl (C=O) groups excluding carboxylic acids is 1. The Bertz CT molecular complexity index is 912. The molecule has 0 aliphatic carbocycles. The standard InChI is InChI=1S/C25H33N3O2S/c1-19(27-15-13-26(2)14-16-27)24(29)28-11-9-25(10-12-28)21-18-23(20-6-4-3-5-7-20)31-22(21)8-17-30-25/h3-7,18-19H,8-17H2,1-2H3. The van der Waals surface area contributed by atoms with Crippen molar-refractivity contribution in [3.8, 4) is 10.4 Å². The van der Waals surface area contributed by atoms with Crippen LogP contribution >= 0.6 is 11.3 Å². The highest BCUT2D eigenvalue weighted by molar-refractivity contribution is 7.15. The first-order valence-electron chi connectivity index (χ1n) is 11.6. The van der Waals surface area contributed by atoms with Gasteiger partial charge in [-0.2, -0.15) is 0 Å². The van der Waals surface area contributed by atoms with Crippen LogP contribution in [0.5, 0.6) is 0 Å². The summed E-state index contributed by atoms with van der Waals surface area (Å²) in [6, 6.07) is 13.0. The lowest BCUT2D eigenvalue weighted by Gasteiger charge is -2.45. The number of thiophene rings is 1. The van der Waals surface area contributed by atoms with Gasteiger partial charge in [0.05, 0.1) is 18.2 Å². The van der Waals surface area contributed by atoms with Gasteiger partial charge in [-0.1, -0.05) is 30.3 Å². The van der Waals surface area contributed by atoms with Gasteiger partial charge in [0.1, 0.15) is 0 Å². The van der Waals surface area contributed by atoms with E-state index in [2.05, 4.69) is 65.1 Å². The Morgan fingerprint density at radius 3 is 2.48 bits per heavy atom. The molecule has 2 aromatic rings. The number of likely N-dealkylation sites (tertiary alicyclic amines) is 1. The first-order chi connectivity index (χ1) is 15.1. The second-order valence-corrected chi connectivity index (χ2v) is 10.4. The molecule has 166 valence electrons. The molecule has 4 heterocycles. The summed E-state index contributed by atoms with van der Waals surface area (Å²) in [5.74, 6) is 0.283. The molecule has 0 bridgehead atoms. The Kier molecular flexibility index (Phi) is 5.90. The average Bonchev–Trinajstić information content (AvgIpc) is 3.26. The number of piperazine rings is 1. The molecule has 31 heavy (non-hydrogen) atoms. The predicted molar refractivity (Wildman–Crippen MR) is 125 cm³/mol. The number of likely N-dealkylation sites (N-methyl/N-ethyl adjacent to an activating group) is 1. The lowest BCUT2D eigenvalue weighted by Crippen LogP contribution is -2.56. The normalized spacial score (nSPS) is 23.0. The summed E-state index contributed by atoms with van der Waals surface area (Å²) >= 11 is 1.92. The number of piperidine rings is 1. The molecule has 5 rings (SSSR count). The Labute approximate surface area is 189 Å². The molecule has 5 nitrogen and oxygen atoms in total. The molecule has 3 aliphatic heterocycles. The predicted octanol–water partition coefficient (Wildman–Crippen LogP) is 3.44. The SMILES string of the molecule is CC(C(=O)N1CCC2(CC1)OCCc1sc(-c3ccccc3)cc12)N1CCN(C)CC1. The molecule has 0 radical (unpaired) electrons. The third-order valence-corrected chi connectivity index (χ3v) is 8.64. The highest BCUT2D eigenvalue weighted by Gasteiger charge is 2.43. The molecule has 1 unspecified atom stereocenters. The highest BCUT2D eigenvalue weighted by atomic mass is 32.1. The molecule has 1 aromatic heterocycles. The number of ether oxygens (including phenoxy) is 1. The van der Waals surface area contributed by atoms with E-state index in [1.165, 1.54) is 20.9 Å². The van der Waals surface area contributed by atoms with E-state index in [4.69, 9.17) is 4.74 Å². The van der Waals surface area contributed by atoms with Gasteiger partial charge in [0.15, 0.2) is 0 Å². The number of benzene rings is 1. The molecular weight excluding hydrogens is 406 g/mol. The van der Waals surface area contributed by atoms with Gasteiger partial charge in [-0.05, 0) is 44.0 Å². The smallest absolute Gasteiger partial charge is 0.239 e. The van der Waals surface area contributed by atoms with E-state index < -0.39 is 0 Å². The van der Waals surface area contributed by atoms with Crippen molar-refractivity contribution in [3.63, 3.8) is 0 Å². The molecule has 1 spiro atoms. The van der Waals surface area contributed by atoms with Crippen LogP contribution in [0.2, 0.25) is 0 Å². The van der Waals surface area contributed by atoms with Crippen LogP contribution in [0.15, 0.2) is 36.4 Å². The number of rotatable bonds is 3. The molecule has 0 saturated carbocycles. The van der Waals surface area contributed by atoms with Crippen molar-refractivity contribution < 1.29 is 9.53 Å². The summed E-state index contributed by atoms with van der Waals surface area (Å²) in [5.41, 5.74) is 2.44. The molecule has 2 saturated heterocycles. The Hall–Kier alpha value is -1.73. The van der Waals surface area contributed by atoms with E-state index in [0.29, 0.717) is 0 Å². The van der Waals surface area contributed by atoms with Crippen LogP contribution < -0.4 is 0 Å². The third-order valence-electron chi connectivity index (χ3n) is 7.39. The second kappa shape index (κ2) is 8.66. The second-order valence-electron chi connectivity index (χ2n) is 9.25. The number of nitrogens with zero attached hydrogens (tertiary/aromatic N) is 3. The van der Waals surface area contributed by atoms with Crippen molar-refractivity contribution in [2.45, 2.75) is 37.8 Å². The maximum Gasteiger partial charge on any atom is 0.239 e. The topological polar surface area (TPSA) is 36.0 Å². The first kappa shape index (κ1) is 21.1. The van der Waals surface area contributed by atoms with Crippen molar-refractivity contribution in [3.05, 3.63) is 46.8 Å². The van der Waals surface area contributed by atoms with E-state index in [1.807, 2.05) is 11.3 Å². The molecule has 1 atom stereocenters. The van der Waals surface area contributed by atoms with E-state index in [-0.39, 0.29) is 17.6 Å². The fraction of sp³-hybridized carbons (Fsp3) is 0.560. The van der Waals surface area contributed by atoms with Gasteiger partial charge in [0.25, 0.3) is 0 Å². The van der Waals surface area contributed by atoms with Crippen molar-refractivity contribution in [2.24, 2.45) is 0 Å². The summed E-state index contributed by atoms with van der Waals surface area (Å²) in [5, 5.41) is 0. The Balaban J connectivity index is 1.28. The van der Waals surface area contributed by atoms with Gasteiger partial charge < -0.3 is 14.5 Å². The summed E-state index contributed by atoms with van der Waals surface area (Å²) in [7, 11) is 2.15. The van der Waals surface area contributed by atoms with Crippen LogP contribution in [-0.4, -0.2) is 79.6 Å². The largest absolute Gasteiger partial charge is 0.370 e. The number of fused-ring (bicyclic) bond motifs is 2. The minimum Gasteiger partial charge on any atom is -0.370 e. The van der Waals surface area contributed by atoms with Gasteiger partial charge in [-0.25, -0.2) is 0 Å². The fourth-order valence-electron chi connectivity index (χ4n) is 5.29. The molecule has 1 aromatic carbocycles. The first-order valence-corrected chi connectivity index (χ1v) is 12.4. The monoisotopic (exact) mass is 439 g/mol. The van der Waals surface area contributed by atoms with Crippen molar-refractivity contribution in [1.29, 1.82) is 0 Å². The maximum absolute atomic E-state index is 13.2. The van der Waals surface area contributed by atoms with Crippen molar-refractivity contribution >= 4 is 17.2 Å². The van der Waals surface area contributed by atoms with Crippen LogP contribution in [0.3, 0.4) is 0 Å². The van der Waals surface area contributed by atoms with Crippen molar-refractivity contribution in [2.75, 3.05) is 52.9 Å². The van der Waals surface area contributed by atoms with E-state index in [1.54, 1.807) is 0 Å². The van der Waals surface area contributed by atoms with E-state index in [0.717, 1.165) is 65.1 Å². The zero-order valence-electron chi connectivity index (χ0n) is 18.7. The van der Waals surface area contributed by atoms with Gasteiger partial charge in [-0.15, -0.1) is 11.3 Å². The number of amides is 1. The van der Waals surface area contributed by atoms with Crippen LogP contribution in [0.25, 0.3) is 10.4 Å². The fourth-order valence-corrected chi connectivity index (χ4v) is 6.53. The van der Waals surface area contributed by atoms with Gasteiger partial charge >= 0.3 is 0 Å². The van der Waals surface area contributed by atoms with Crippen molar-refractivity contribution in [1.82, 2.24) is 14.7 Å². The Morgan fingerprint density at radius 1 is 1.06 bits per heavy atom. The third kappa shape index (κ3) is 4.07. The number of hydrogen-bond donors (Lipinski definition) is 0. The van der Waals surface area contributed by atoms with Crippen LogP contribution in [-0.2, 0) is 21.6 Å². The van der Waals surface area contributed by atoms with Gasteiger partial charge in [-0.3, -0.25) is 9.69 Å². The molecule has 0 N–H and O–H groups in total. The van der Waals surface area contributed by atoms with Gasteiger partial charge in [0.2, 0.25) is 5.91 Å². The maximum atomic E-state index is 13.2. The molecule has 1 amide bonds. The lowest BCUT2D eigenvalue weighted by molar-refractivity contribution is -0.146. The number of carbonyl (C=O) groups is 1. The summed E-state index contributed by atoms with van der Waals surface area (Å²) in [6.45, 7) is 8.47. The van der Waals surface area contributed by atoms with E-state index >= 15 is 0 Å². The number of hydrogen-bond acceptors (Lipinski definition) is 5. The Morgan fingerprint density at radius 2 is 1.77 bits per heavy atom. The minimum absolute atomic E-state index is 0.0311. The molecule has 3 aliphatic rings. The summed E-state index contributed by atoms with van der Waals surface area (Å²) in [4.78, 5) is 22.8. The molecular formula is C25H33N3O2S. The quantitative estimate of drug-likeness (QED) is 0.734. The summed E-state index contributed by atoms with van der Waals surface area (Å²) in [6.07, 6.45) is 2.79. The zero-order valence-corrected chi connectivity index (χ0v) is 19.5. The average molecular weight is 440 g/mol. The molecule has 2 fully saturated rings. The minimum atomic E-state index is -0.217. The van der Waals surface area contributed by atoms with E-state index in [9.17, 15) is 4.79 Å². The summed E-state index contributed by atoms with van der Waals surface area (Å²) < 4.78 is 6.45. The lowest BCUT2D eigenvalue weighted by atomic mass is 9.82. The van der Waals surface area contributed by atoms with Crippen LogP contribution in [0.4, 0.5) is 0 Å². The van der Waals surface area contributed by atoms with Crippen LogP contribution in [0, 0.1) is 0 Å². The van der Waals surface area contributed by atoms with Crippen LogP contribution in [0.1, 0.15) is 30.2 Å². The van der Waals surface area contributed by atoms with Gasteiger partial charge in [0, 0.05) is 55.4 Å². The molecule has 6 heteroatoms. The highest BCUT2D eigenvalue weighted by Crippen LogP contribution is 2.46. The zero-order chi connectivity index (χ0) is 21.4.